The molecule has 0 aromatic carbocycles. The van der Waals surface area contributed by atoms with Crippen LogP contribution >= 0.6 is 23.6 Å². The van der Waals surface area contributed by atoms with Crippen LogP contribution in [0.1, 0.15) is 36.9 Å². The van der Waals surface area contributed by atoms with Gasteiger partial charge in [-0.05, 0) is 42.9 Å². The quantitative estimate of drug-likeness (QED) is 0.790. The van der Waals surface area contributed by atoms with Crippen LogP contribution in [0.25, 0.3) is 0 Å². The van der Waals surface area contributed by atoms with Crippen molar-refractivity contribution < 1.29 is 4.79 Å². The van der Waals surface area contributed by atoms with E-state index in [-0.39, 0.29) is 12.5 Å². The molecule has 118 valence electrons. The second kappa shape index (κ2) is 6.75. The maximum absolute atomic E-state index is 12.7. The van der Waals surface area contributed by atoms with E-state index in [9.17, 15) is 4.79 Å². The Morgan fingerprint density at radius 3 is 3.05 bits per heavy atom. The SMILES string of the molecule is CCCc1n[nH]c(=S)n1CC(=O)N(Cc1cccs1)C1CC1. The van der Waals surface area contributed by atoms with Crippen LogP contribution in [0.4, 0.5) is 0 Å². The Morgan fingerprint density at radius 1 is 1.59 bits per heavy atom. The fraction of sp³-hybridized carbons (Fsp3) is 0.533. The summed E-state index contributed by atoms with van der Waals surface area (Å²) >= 11 is 6.96. The molecule has 0 radical (unpaired) electrons. The predicted molar refractivity (Wildman–Crippen MR) is 89.3 cm³/mol. The highest BCUT2D eigenvalue weighted by atomic mass is 32.1. The number of nitrogens with one attached hydrogen (secondary N) is 1. The molecule has 22 heavy (non-hydrogen) atoms. The molecule has 1 N–H and O–H groups in total. The van der Waals surface area contributed by atoms with E-state index >= 15 is 0 Å². The molecule has 0 bridgehead atoms. The summed E-state index contributed by atoms with van der Waals surface area (Å²) in [4.78, 5) is 16.0. The summed E-state index contributed by atoms with van der Waals surface area (Å²) in [5.74, 6) is 0.999. The summed E-state index contributed by atoms with van der Waals surface area (Å²) in [6.45, 7) is 3.08. The van der Waals surface area contributed by atoms with Gasteiger partial charge in [0.2, 0.25) is 5.91 Å². The van der Waals surface area contributed by atoms with Crippen LogP contribution < -0.4 is 0 Å². The number of amides is 1. The van der Waals surface area contributed by atoms with Crippen molar-refractivity contribution in [2.45, 2.75) is 51.7 Å². The van der Waals surface area contributed by atoms with E-state index in [0.29, 0.717) is 17.4 Å². The number of rotatable bonds is 7. The van der Waals surface area contributed by atoms with Crippen molar-refractivity contribution in [3.63, 3.8) is 0 Å². The van der Waals surface area contributed by atoms with Gasteiger partial charge in [0.1, 0.15) is 12.4 Å². The van der Waals surface area contributed by atoms with E-state index in [0.717, 1.165) is 31.5 Å². The summed E-state index contributed by atoms with van der Waals surface area (Å²) in [7, 11) is 0. The van der Waals surface area contributed by atoms with Gasteiger partial charge in [0.15, 0.2) is 4.77 Å². The molecule has 1 aliphatic rings. The van der Waals surface area contributed by atoms with Crippen LogP contribution in [0, 0.1) is 4.77 Å². The lowest BCUT2D eigenvalue weighted by Gasteiger charge is -2.22. The van der Waals surface area contributed by atoms with Crippen LogP contribution in [0.3, 0.4) is 0 Å². The summed E-state index contributed by atoms with van der Waals surface area (Å²) in [5.41, 5.74) is 0. The minimum absolute atomic E-state index is 0.130. The highest BCUT2D eigenvalue weighted by Gasteiger charge is 2.33. The van der Waals surface area contributed by atoms with Crippen molar-refractivity contribution in [2.75, 3.05) is 0 Å². The number of nitrogens with zero attached hydrogens (tertiary/aromatic N) is 3. The summed E-state index contributed by atoms with van der Waals surface area (Å²) < 4.78 is 2.37. The topological polar surface area (TPSA) is 53.9 Å². The normalized spacial score (nSPS) is 14.2. The van der Waals surface area contributed by atoms with Crippen molar-refractivity contribution in [1.82, 2.24) is 19.7 Å². The fourth-order valence-corrected chi connectivity index (χ4v) is 3.45. The number of thiophene rings is 1. The van der Waals surface area contributed by atoms with E-state index < -0.39 is 0 Å². The lowest BCUT2D eigenvalue weighted by Crippen LogP contribution is -2.35. The second-order valence-electron chi connectivity index (χ2n) is 5.61. The van der Waals surface area contributed by atoms with E-state index in [1.807, 2.05) is 15.5 Å². The molecule has 2 aromatic rings. The van der Waals surface area contributed by atoms with Gasteiger partial charge in [-0.3, -0.25) is 14.5 Å². The molecule has 1 fully saturated rings. The van der Waals surface area contributed by atoms with E-state index in [1.165, 1.54) is 4.88 Å². The molecule has 7 heteroatoms. The first-order chi connectivity index (χ1) is 10.7. The maximum Gasteiger partial charge on any atom is 0.243 e. The molecule has 1 amide bonds. The van der Waals surface area contributed by atoms with E-state index in [1.54, 1.807) is 11.3 Å². The Kier molecular flexibility index (Phi) is 4.73. The van der Waals surface area contributed by atoms with Crippen LogP contribution in [-0.2, 0) is 24.3 Å². The summed E-state index contributed by atoms with van der Waals surface area (Å²) in [6.07, 6.45) is 4.02. The van der Waals surface area contributed by atoms with Crippen LogP contribution in [0.2, 0.25) is 0 Å². The number of aryl methyl sites for hydroxylation is 1. The number of aromatic amines is 1. The largest absolute Gasteiger partial charge is 0.333 e. The zero-order chi connectivity index (χ0) is 15.5. The van der Waals surface area contributed by atoms with Gasteiger partial charge in [-0.2, -0.15) is 5.10 Å². The highest BCUT2D eigenvalue weighted by Crippen LogP contribution is 2.29. The Bertz CT molecular complexity index is 685. The van der Waals surface area contributed by atoms with E-state index in [4.69, 9.17) is 12.2 Å². The monoisotopic (exact) mass is 336 g/mol. The van der Waals surface area contributed by atoms with Crippen molar-refractivity contribution in [3.05, 3.63) is 33.0 Å². The molecular weight excluding hydrogens is 316 g/mol. The minimum Gasteiger partial charge on any atom is -0.333 e. The summed E-state index contributed by atoms with van der Waals surface area (Å²) in [5, 5.41) is 9.09. The van der Waals surface area contributed by atoms with Crippen LogP contribution in [0.5, 0.6) is 0 Å². The lowest BCUT2D eigenvalue weighted by atomic mass is 10.3. The predicted octanol–water partition coefficient (Wildman–Crippen LogP) is 3.15. The van der Waals surface area contributed by atoms with Crippen molar-refractivity contribution in [2.24, 2.45) is 0 Å². The number of carbonyl (C=O) groups is 1. The lowest BCUT2D eigenvalue weighted by molar-refractivity contribution is -0.133. The smallest absolute Gasteiger partial charge is 0.243 e. The average Bonchev–Trinajstić information content (AvgIpc) is 3.11. The number of hydrogen-bond acceptors (Lipinski definition) is 4. The van der Waals surface area contributed by atoms with Gasteiger partial charge >= 0.3 is 0 Å². The molecule has 0 aliphatic heterocycles. The van der Waals surface area contributed by atoms with Crippen molar-refractivity contribution >= 4 is 29.5 Å². The Balaban J connectivity index is 1.74. The first kappa shape index (κ1) is 15.4. The standard InChI is InChI=1S/C15H20N4OS2/c1-2-4-13-16-17-15(21)19(13)10-14(20)18(11-6-7-11)9-12-5-3-8-22-12/h3,5,8,11H,2,4,6-7,9-10H2,1H3,(H,17,21). The zero-order valence-electron chi connectivity index (χ0n) is 12.6. The summed E-state index contributed by atoms with van der Waals surface area (Å²) in [6, 6.07) is 4.51. The Hall–Kier alpha value is -1.47. The van der Waals surface area contributed by atoms with Gasteiger partial charge in [-0.15, -0.1) is 11.3 Å². The number of carbonyl (C=O) groups excluding carboxylic acids is 1. The molecule has 1 aliphatic carbocycles. The average molecular weight is 336 g/mol. The van der Waals surface area contributed by atoms with Crippen LogP contribution in [0.15, 0.2) is 17.5 Å². The maximum atomic E-state index is 12.7. The third-order valence-corrected chi connectivity index (χ3v) is 4.99. The first-order valence-electron chi connectivity index (χ1n) is 7.65. The molecule has 2 aromatic heterocycles. The molecule has 3 rings (SSSR count). The third kappa shape index (κ3) is 3.47. The number of aromatic nitrogens is 3. The van der Waals surface area contributed by atoms with Gasteiger partial charge < -0.3 is 4.90 Å². The Morgan fingerprint density at radius 2 is 2.41 bits per heavy atom. The molecular formula is C15H20N4OS2. The molecule has 0 spiro atoms. The second-order valence-corrected chi connectivity index (χ2v) is 7.03. The zero-order valence-corrected chi connectivity index (χ0v) is 14.3. The van der Waals surface area contributed by atoms with Gasteiger partial charge in [-0.25, -0.2) is 0 Å². The molecule has 0 atom stereocenters. The van der Waals surface area contributed by atoms with Gasteiger partial charge in [-0.1, -0.05) is 13.0 Å². The van der Waals surface area contributed by atoms with Crippen molar-refractivity contribution in [3.8, 4) is 0 Å². The molecule has 2 heterocycles. The fourth-order valence-electron chi connectivity index (χ4n) is 2.53. The Labute approximate surface area is 139 Å². The van der Waals surface area contributed by atoms with Crippen molar-refractivity contribution in [1.29, 1.82) is 0 Å². The van der Waals surface area contributed by atoms with E-state index in [2.05, 4.69) is 28.6 Å². The highest BCUT2D eigenvalue weighted by molar-refractivity contribution is 7.71. The molecule has 1 saturated carbocycles. The van der Waals surface area contributed by atoms with Gasteiger partial charge in [0.05, 0.1) is 6.54 Å². The number of hydrogen-bond donors (Lipinski definition) is 1. The van der Waals surface area contributed by atoms with Gasteiger partial charge in [0.25, 0.3) is 0 Å². The molecule has 0 unspecified atom stereocenters. The van der Waals surface area contributed by atoms with Crippen LogP contribution in [-0.4, -0.2) is 31.6 Å². The third-order valence-electron chi connectivity index (χ3n) is 3.82. The number of H-pyrrole nitrogens is 1. The molecule has 0 saturated heterocycles. The molecule has 5 nitrogen and oxygen atoms in total. The van der Waals surface area contributed by atoms with Gasteiger partial charge in [0, 0.05) is 17.3 Å². The first-order valence-corrected chi connectivity index (χ1v) is 8.93. The minimum atomic E-state index is 0.130.